The Bertz CT molecular complexity index is 856. The number of ether oxygens (including phenoxy) is 2. The van der Waals surface area contributed by atoms with Crippen LogP contribution in [0.4, 0.5) is 5.69 Å². The van der Waals surface area contributed by atoms with Crippen molar-refractivity contribution >= 4 is 17.6 Å². The molecule has 126 valence electrons. The van der Waals surface area contributed by atoms with Crippen LogP contribution in [0.15, 0.2) is 48.5 Å². The summed E-state index contributed by atoms with van der Waals surface area (Å²) in [6, 6.07) is 16.0. The molecule has 25 heavy (non-hydrogen) atoms. The summed E-state index contributed by atoms with van der Waals surface area (Å²) in [5, 5.41) is 9.08. The maximum absolute atomic E-state index is 12.4. The van der Waals surface area contributed by atoms with Gasteiger partial charge < -0.3 is 14.4 Å². The van der Waals surface area contributed by atoms with Gasteiger partial charge in [0.15, 0.2) is 0 Å². The van der Waals surface area contributed by atoms with E-state index in [4.69, 9.17) is 14.7 Å². The highest BCUT2D eigenvalue weighted by Gasteiger charge is 2.33. The van der Waals surface area contributed by atoms with E-state index in [2.05, 4.69) is 6.07 Å². The molecular weight excluding hydrogens is 320 g/mol. The van der Waals surface area contributed by atoms with Crippen molar-refractivity contribution in [1.82, 2.24) is 0 Å². The van der Waals surface area contributed by atoms with Crippen molar-refractivity contribution in [2.45, 2.75) is 19.6 Å². The molecule has 1 aliphatic heterocycles. The second-order valence-electron chi connectivity index (χ2n) is 5.58. The molecule has 0 aliphatic carbocycles. The van der Waals surface area contributed by atoms with Gasteiger partial charge in [0.2, 0.25) is 12.0 Å². The molecule has 1 atom stereocenters. The van der Waals surface area contributed by atoms with Crippen LogP contribution in [0.25, 0.3) is 0 Å². The van der Waals surface area contributed by atoms with Gasteiger partial charge in [-0.3, -0.25) is 4.79 Å². The summed E-state index contributed by atoms with van der Waals surface area (Å²) in [5.41, 5.74) is 1.71. The van der Waals surface area contributed by atoms with Gasteiger partial charge >= 0.3 is 5.97 Å². The van der Waals surface area contributed by atoms with Gasteiger partial charge in [0.05, 0.1) is 23.9 Å². The number of amides is 1. The number of anilines is 1. The van der Waals surface area contributed by atoms with Gasteiger partial charge in [-0.2, -0.15) is 5.26 Å². The monoisotopic (exact) mass is 336 g/mol. The molecule has 0 saturated carbocycles. The van der Waals surface area contributed by atoms with Crippen LogP contribution in [0, 0.1) is 11.3 Å². The van der Waals surface area contributed by atoms with Crippen LogP contribution in [0.1, 0.15) is 18.1 Å². The number of rotatable bonds is 3. The van der Waals surface area contributed by atoms with E-state index < -0.39 is 12.1 Å². The average Bonchev–Trinajstić information content (AvgIpc) is 2.65. The van der Waals surface area contributed by atoms with Crippen LogP contribution < -0.4 is 9.64 Å². The quantitative estimate of drug-likeness (QED) is 0.804. The predicted molar refractivity (Wildman–Crippen MR) is 89.8 cm³/mol. The van der Waals surface area contributed by atoms with Gasteiger partial charge in [0.25, 0.3) is 0 Å². The van der Waals surface area contributed by atoms with Crippen molar-refractivity contribution < 1.29 is 19.1 Å². The number of esters is 1. The molecule has 6 heteroatoms. The first kappa shape index (κ1) is 16.5. The third-order valence-corrected chi connectivity index (χ3v) is 3.92. The minimum absolute atomic E-state index is 0.0237. The van der Waals surface area contributed by atoms with Gasteiger partial charge in [-0.25, -0.2) is 4.79 Å². The minimum atomic E-state index is -0.909. The van der Waals surface area contributed by atoms with Crippen molar-refractivity contribution in [1.29, 1.82) is 5.26 Å². The highest BCUT2D eigenvalue weighted by Crippen LogP contribution is 2.33. The van der Waals surface area contributed by atoms with Gasteiger partial charge in [-0.1, -0.05) is 30.3 Å². The fraction of sp³-hybridized carbons (Fsp3) is 0.211. The molecule has 2 aromatic rings. The van der Waals surface area contributed by atoms with Crippen LogP contribution in [0.2, 0.25) is 0 Å². The zero-order valence-electron chi connectivity index (χ0n) is 13.6. The Balaban J connectivity index is 1.73. The van der Waals surface area contributed by atoms with E-state index in [1.54, 1.807) is 48.5 Å². The van der Waals surface area contributed by atoms with Gasteiger partial charge in [-0.15, -0.1) is 0 Å². The summed E-state index contributed by atoms with van der Waals surface area (Å²) in [5.74, 6) is -0.291. The van der Waals surface area contributed by atoms with Crippen molar-refractivity contribution in [3.63, 3.8) is 0 Å². The van der Waals surface area contributed by atoms with Crippen molar-refractivity contribution in [3.8, 4) is 11.8 Å². The molecule has 0 radical (unpaired) electrons. The van der Waals surface area contributed by atoms with Crippen LogP contribution in [0.5, 0.6) is 5.75 Å². The summed E-state index contributed by atoms with van der Waals surface area (Å²) < 4.78 is 11.0. The number of benzene rings is 2. The first-order valence-electron chi connectivity index (χ1n) is 7.78. The molecule has 0 fully saturated rings. The summed E-state index contributed by atoms with van der Waals surface area (Å²) >= 11 is 0. The highest BCUT2D eigenvalue weighted by atomic mass is 16.6. The smallest absolute Gasteiger partial charge is 0.349 e. The lowest BCUT2D eigenvalue weighted by atomic mass is 10.1. The summed E-state index contributed by atoms with van der Waals surface area (Å²) in [6.45, 7) is 1.50. The van der Waals surface area contributed by atoms with Gasteiger partial charge in [0.1, 0.15) is 12.4 Å². The second kappa shape index (κ2) is 7.05. The maximum atomic E-state index is 12.4. The third-order valence-electron chi connectivity index (χ3n) is 3.92. The molecule has 3 rings (SSSR count). The first-order valence-corrected chi connectivity index (χ1v) is 7.78. The lowest BCUT2D eigenvalue weighted by Crippen LogP contribution is -2.47. The standard InChI is InChI=1S/C19H16N2O4/c1-13(22)21-11-18(25-17-9-5-4-8-16(17)21)19(23)24-12-15-7-3-2-6-14(15)10-20/h2-9,18H,11-12H2,1H3/t18-/m1/s1. The Hall–Kier alpha value is -3.33. The summed E-state index contributed by atoms with van der Waals surface area (Å²) in [4.78, 5) is 25.7. The van der Waals surface area contributed by atoms with Gasteiger partial charge in [0, 0.05) is 12.5 Å². The molecule has 0 unspecified atom stereocenters. The zero-order chi connectivity index (χ0) is 17.8. The molecule has 0 saturated heterocycles. The number of hydrogen-bond donors (Lipinski definition) is 0. The molecular formula is C19H16N2O4. The number of para-hydroxylation sites is 2. The largest absolute Gasteiger partial charge is 0.475 e. The molecule has 6 nitrogen and oxygen atoms in total. The average molecular weight is 336 g/mol. The van der Waals surface area contributed by atoms with E-state index in [9.17, 15) is 9.59 Å². The highest BCUT2D eigenvalue weighted by molar-refractivity contribution is 5.95. The fourth-order valence-corrected chi connectivity index (χ4v) is 2.65. The molecule has 0 bridgehead atoms. The molecule has 2 aromatic carbocycles. The van der Waals surface area contributed by atoms with E-state index in [0.29, 0.717) is 22.6 Å². The second-order valence-corrected chi connectivity index (χ2v) is 5.58. The van der Waals surface area contributed by atoms with E-state index in [-0.39, 0.29) is 19.1 Å². The van der Waals surface area contributed by atoms with Gasteiger partial charge in [-0.05, 0) is 18.2 Å². The van der Waals surface area contributed by atoms with E-state index in [1.165, 1.54) is 11.8 Å². The normalized spacial score (nSPS) is 15.5. The van der Waals surface area contributed by atoms with Crippen LogP contribution in [-0.2, 0) is 20.9 Å². The first-order chi connectivity index (χ1) is 12.1. The number of carbonyl (C=O) groups excluding carboxylic acids is 2. The Labute approximate surface area is 145 Å². The number of carbonyl (C=O) groups is 2. The van der Waals surface area contributed by atoms with Crippen molar-refractivity contribution in [2.24, 2.45) is 0 Å². The fourth-order valence-electron chi connectivity index (χ4n) is 2.65. The molecule has 1 heterocycles. The number of nitrogens with zero attached hydrogens (tertiary/aromatic N) is 2. The lowest BCUT2D eigenvalue weighted by Gasteiger charge is -2.33. The minimum Gasteiger partial charge on any atom is -0.475 e. The summed E-state index contributed by atoms with van der Waals surface area (Å²) in [6.07, 6.45) is -0.909. The number of hydrogen-bond acceptors (Lipinski definition) is 5. The third kappa shape index (κ3) is 3.45. The topological polar surface area (TPSA) is 79.6 Å². The molecule has 0 spiro atoms. The Morgan fingerprint density at radius 3 is 2.72 bits per heavy atom. The predicted octanol–water partition coefficient (Wildman–Crippen LogP) is 2.42. The van der Waals surface area contributed by atoms with E-state index in [0.717, 1.165) is 0 Å². The molecule has 1 amide bonds. The SMILES string of the molecule is CC(=O)N1C[C@H](C(=O)OCc2ccccc2C#N)Oc2ccccc21. The molecule has 0 N–H and O–H groups in total. The Morgan fingerprint density at radius 1 is 1.24 bits per heavy atom. The van der Waals surface area contributed by atoms with Crippen LogP contribution >= 0.6 is 0 Å². The van der Waals surface area contributed by atoms with E-state index >= 15 is 0 Å². The van der Waals surface area contributed by atoms with Crippen molar-refractivity contribution in [2.75, 3.05) is 11.4 Å². The zero-order valence-corrected chi connectivity index (χ0v) is 13.6. The summed E-state index contributed by atoms with van der Waals surface area (Å²) in [7, 11) is 0. The van der Waals surface area contributed by atoms with Crippen LogP contribution in [-0.4, -0.2) is 24.5 Å². The molecule has 1 aliphatic rings. The Morgan fingerprint density at radius 2 is 1.96 bits per heavy atom. The Kier molecular flexibility index (Phi) is 4.66. The van der Waals surface area contributed by atoms with E-state index in [1.807, 2.05) is 0 Å². The number of nitriles is 1. The van der Waals surface area contributed by atoms with Crippen LogP contribution in [0.3, 0.4) is 0 Å². The molecule has 0 aromatic heterocycles. The van der Waals surface area contributed by atoms with Crippen molar-refractivity contribution in [3.05, 3.63) is 59.7 Å². The number of fused-ring (bicyclic) bond motifs is 1. The maximum Gasteiger partial charge on any atom is 0.349 e. The lowest BCUT2D eigenvalue weighted by molar-refractivity contribution is -0.153.